The minimum absolute atomic E-state index is 0.207. The molecule has 2 aromatic carbocycles. The van der Waals surface area contributed by atoms with Crippen LogP contribution in [0.2, 0.25) is 0 Å². The molecule has 2 aromatic rings. The second-order valence-corrected chi connectivity index (χ2v) is 4.89. The zero-order valence-electron chi connectivity index (χ0n) is 6.92. The van der Waals surface area contributed by atoms with Gasteiger partial charge >= 0.3 is 21.2 Å². The third-order valence-corrected chi connectivity index (χ3v) is 4.04. The third-order valence-electron chi connectivity index (χ3n) is 1.94. The first-order chi connectivity index (χ1) is 5.92. The molecule has 0 saturated carbocycles. The second kappa shape index (κ2) is 3.44. The van der Waals surface area contributed by atoms with Crippen molar-refractivity contribution >= 4 is 10.8 Å². The highest BCUT2D eigenvalue weighted by atomic mass is 127. The van der Waals surface area contributed by atoms with Crippen LogP contribution in [0.4, 0.5) is 0 Å². The van der Waals surface area contributed by atoms with Crippen LogP contribution in [0.25, 0.3) is 10.8 Å². The van der Waals surface area contributed by atoms with Crippen molar-refractivity contribution in [3.63, 3.8) is 0 Å². The Kier molecular flexibility index (Phi) is 2.30. The van der Waals surface area contributed by atoms with Gasteiger partial charge in [0.1, 0.15) is 4.93 Å². The maximum Gasteiger partial charge on any atom is 0.310 e. The van der Waals surface area contributed by atoms with Crippen molar-refractivity contribution in [2.75, 3.05) is 4.93 Å². The summed E-state index contributed by atoms with van der Waals surface area (Å²) in [4.78, 5) is 2.31. The van der Waals surface area contributed by atoms with Crippen LogP contribution in [-0.4, -0.2) is 4.93 Å². The Morgan fingerprint density at radius 3 is 2.50 bits per heavy atom. The Morgan fingerprint density at radius 2 is 1.67 bits per heavy atom. The van der Waals surface area contributed by atoms with E-state index < -0.39 is 0 Å². The normalized spacial score (nSPS) is 10.4. The van der Waals surface area contributed by atoms with Gasteiger partial charge in [-0.25, -0.2) is 0 Å². The molecule has 0 spiro atoms. The van der Waals surface area contributed by atoms with Gasteiger partial charge in [-0.2, -0.15) is 0 Å². The molecule has 12 heavy (non-hydrogen) atoms. The van der Waals surface area contributed by atoms with E-state index in [0.717, 1.165) is 0 Å². The Hall–Kier alpha value is -0.570. The first-order valence-corrected chi connectivity index (χ1v) is 7.12. The summed E-state index contributed by atoms with van der Waals surface area (Å²) in [5.41, 5.74) is 0. The van der Waals surface area contributed by atoms with Gasteiger partial charge in [-0.15, -0.1) is 0 Å². The zero-order valence-corrected chi connectivity index (χ0v) is 9.08. The first kappa shape index (κ1) is 8.05. The van der Waals surface area contributed by atoms with Crippen LogP contribution in [0.15, 0.2) is 42.5 Å². The molecule has 0 saturated heterocycles. The quantitative estimate of drug-likeness (QED) is 0.494. The summed E-state index contributed by atoms with van der Waals surface area (Å²) < 4.78 is 1.55. The molecule has 2 rings (SSSR count). The Labute approximate surface area is 82.9 Å². The fourth-order valence-corrected chi connectivity index (χ4v) is 2.99. The molecule has 0 unspecified atom stereocenters. The summed E-state index contributed by atoms with van der Waals surface area (Å²) in [5, 5.41) is 2.81. The van der Waals surface area contributed by atoms with Crippen molar-refractivity contribution in [3.05, 3.63) is 46.0 Å². The summed E-state index contributed by atoms with van der Waals surface area (Å²) in [6.45, 7) is 0. The van der Waals surface area contributed by atoms with Crippen LogP contribution in [0, 0.1) is 3.57 Å². The molecule has 60 valence electrons. The SMILES string of the molecule is C[I+]c1cccc2ccccc12. The maximum absolute atomic E-state index is 2.31. The van der Waals surface area contributed by atoms with E-state index in [9.17, 15) is 0 Å². The molecule has 0 radical (unpaired) electrons. The average Bonchev–Trinajstić information content (AvgIpc) is 2.17. The summed E-state index contributed by atoms with van der Waals surface area (Å²) in [7, 11) is 0. The molecule has 0 atom stereocenters. The molecule has 0 bridgehead atoms. The standard InChI is InChI=1S/C11H10I/c1-12-11-8-4-6-9-5-2-3-7-10(9)11/h2-8H,1H3/q+1. The fourth-order valence-electron chi connectivity index (χ4n) is 1.35. The number of halogens is 1. The Bertz CT molecular complexity index is 388. The van der Waals surface area contributed by atoms with Crippen LogP contribution in [0.3, 0.4) is 0 Å². The second-order valence-electron chi connectivity index (χ2n) is 2.65. The van der Waals surface area contributed by atoms with E-state index >= 15 is 0 Å². The van der Waals surface area contributed by atoms with Crippen molar-refractivity contribution in [1.82, 2.24) is 0 Å². The number of fused-ring (bicyclic) bond motifs is 1. The maximum atomic E-state index is 2.31. The van der Waals surface area contributed by atoms with Gasteiger partial charge in [-0.3, -0.25) is 0 Å². The van der Waals surface area contributed by atoms with Gasteiger partial charge in [-0.05, 0) is 17.5 Å². The van der Waals surface area contributed by atoms with Crippen LogP contribution < -0.4 is 21.2 Å². The van der Waals surface area contributed by atoms with Gasteiger partial charge < -0.3 is 0 Å². The molecule has 0 fully saturated rings. The highest BCUT2D eigenvalue weighted by Gasteiger charge is 2.07. The predicted molar refractivity (Wildman–Crippen MR) is 48.6 cm³/mol. The topological polar surface area (TPSA) is 0 Å². The van der Waals surface area contributed by atoms with Crippen molar-refractivity contribution in [2.45, 2.75) is 0 Å². The molecule has 0 amide bonds. The average molecular weight is 269 g/mol. The molecule has 0 heterocycles. The Balaban J connectivity index is 2.79. The summed E-state index contributed by atoms with van der Waals surface area (Å²) in [6, 6.07) is 15.2. The van der Waals surface area contributed by atoms with Gasteiger partial charge in [0.15, 0.2) is 3.57 Å². The number of hydrogen-bond acceptors (Lipinski definition) is 0. The summed E-state index contributed by atoms with van der Waals surface area (Å²) in [6.07, 6.45) is 0. The Morgan fingerprint density at radius 1 is 0.917 bits per heavy atom. The summed E-state index contributed by atoms with van der Waals surface area (Å²) in [5.74, 6) is 0. The van der Waals surface area contributed by atoms with Gasteiger partial charge in [0.25, 0.3) is 0 Å². The van der Waals surface area contributed by atoms with Crippen LogP contribution in [0.5, 0.6) is 0 Å². The van der Waals surface area contributed by atoms with Crippen LogP contribution in [0.1, 0.15) is 0 Å². The minimum atomic E-state index is 0.207. The highest BCUT2D eigenvalue weighted by Crippen LogP contribution is 2.11. The lowest BCUT2D eigenvalue weighted by atomic mass is 10.1. The molecular formula is C11H10I+. The molecule has 0 aliphatic carbocycles. The van der Waals surface area contributed by atoms with E-state index in [-0.39, 0.29) is 21.2 Å². The fraction of sp³-hybridized carbons (Fsp3) is 0.0909. The monoisotopic (exact) mass is 269 g/mol. The third kappa shape index (κ3) is 1.33. The minimum Gasteiger partial charge on any atom is -0.0616 e. The van der Waals surface area contributed by atoms with Crippen molar-refractivity contribution in [1.29, 1.82) is 0 Å². The van der Waals surface area contributed by atoms with Gasteiger partial charge in [0, 0.05) is 5.39 Å². The molecule has 1 heteroatoms. The largest absolute Gasteiger partial charge is 0.310 e. The van der Waals surface area contributed by atoms with Crippen molar-refractivity contribution in [2.24, 2.45) is 0 Å². The van der Waals surface area contributed by atoms with E-state index in [2.05, 4.69) is 47.4 Å². The lowest BCUT2D eigenvalue weighted by Gasteiger charge is -1.94. The van der Waals surface area contributed by atoms with Gasteiger partial charge in [0.05, 0.1) is 0 Å². The lowest BCUT2D eigenvalue weighted by Crippen LogP contribution is -3.60. The molecule has 0 aliphatic rings. The molecule has 0 aromatic heterocycles. The van der Waals surface area contributed by atoms with Gasteiger partial charge in [0.2, 0.25) is 0 Å². The summed E-state index contributed by atoms with van der Waals surface area (Å²) >= 11 is 0.207. The van der Waals surface area contributed by atoms with E-state index in [1.165, 1.54) is 10.8 Å². The van der Waals surface area contributed by atoms with Gasteiger partial charge in [-0.1, -0.05) is 30.3 Å². The smallest absolute Gasteiger partial charge is 0.0616 e. The van der Waals surface area contributed by atoms with Crippen molar-refractivity contribution < 1.29 is 21.2 Å². The van der Waals surface area contributed by atoms with E-state index in [0.29, 0.717) is 0 Å². The van der Waals surface area contributed by atoms with E-state index in [1.807, 2.05) is 0 Å². The molecular weight excluding hydrogens is 259 g/mol. The predicted octanol–water partition coefficient (Wildman–Crippen LogP) is -0.272. The number of rotatable bonds is 1. The first-order valence-electron chi connectivity index (χ1n) is 3.89. The number of alkyl halides is 1. The lowest BCUT2D eigenvalue weighted by molar-refractivity contribution is -0.595. The molecule has 0 N–H and O–H groups in total. The van der Waals surface area contributed by atoms with E-state index in [1.54, 1.807) is 3.57 Å². The highest BCUT2D eigenvalue weighted by molar-refractivity contribution is 5.81. The molecule has 0 aliphatic heterocycles. The number of benzene rings is 2. The number of hydrogen-bond donors (Lipinski definition) is 0. The van der Waals surface area contributed by atoms with E-state index in [4.69, 9.17) is 0 Å². The van der Waals surface area contributed by atoms with Crippen molar-refractivity contribution in [3.8, 4) is 0 Å². The zero-order chi connectivity index (χ0) is 8.39. The van der Waals surface area contributed by atoms with Crippen LogP contribution in [-0.2, 0) is 0 Å². The molecule has 0 nitrogen and oxygen atoms in total. The van der Waals surface area contributed by atoms with Crippen LogP contribution >= 0.6 is 0 Å².